The van der Waals surface area contributed by atoms with Crippen molar-refractivity contribution in [2.45, 2.75) is 40.0 Å². The summed E-state index contributed by atoms with van der Waals surface area (Å²) in [4.78, 5) is 14.9. The summed E-state index contributed by atoms with van der Waals surface area (Å²) >= 11 is 3.32. The predicted molar refractivity (Wildman–Crippen MR) is 84.7 cm³/mol. The van der Waals surface area contributed by atoms with Crippen LogP contribution < -0.4 is 5.43 Å². The molecule has 20 heavy (non-hydrogen) atoms. The lowest BCUT2D eigenvalue weighted by Crippen LogP contribution is -2.31. The van der Waals surface area contributed by atoms with Gasteiger partial charge < -0.3 is 4.98 Å². The molecule has 1 aliphatic rings. The van der Waals surface area contributed by atoms with E-state index >= 15 is 0 Å². The minimum absolute atomic E-state index is 0.191. The van der Waals surface area contributed by atoms with Crippen LogP contribution >= 0.6 is 15.9 Å². The van der Waals surface area contributed by atoms with E-state index in [1.54, 1.807) is 12.3 Å². The van der Waals surface area contributed by atoms with Crippen molar-refractivity contribution in [3.8, 4) is 0 Å². The molecule has 1 amide bonds. The van der Waals surface area contributed by atoms with Crippen LogP contribution in [0, 0.1) is 17.8 Å². The first-order valence-electron chi connectivity index (χ1n) is 7.18. The number of aromatic nitrogens is 1. The third kappa shape index (κ3) is 3.72. The molecule has 1 heterocycles. The van der Waals surface area contributed by atoms with Crippen LogP contribution in [0.15, 0.2) is 21.8 Å². The number of nitrogens with one attached hydrogen (secondary N) is 2. The molecular formula is C15H22BrN3O. The SMILES string of the molecule is CC(C)[C@H]1CC[C@H](C)CC1=NNC(=O)c1cc(Br)c[nH]1. The zero-order valence-corrected chi connectivity index (χ0v) is 13.8. The minimum Gasteiger partial charge on any atom is -0.356 e. The van der Waals surface area contributed by atoms with E-state index in [9.17, 15) is 4.79 Å². The number of nitrogens with zero attached hydrogens (tertiary/aromatic N) is 1. The van der Waals surface area contributed by atoms with Gasteiger partial charge in [0, 0.05) is 22.3 Å². The summed E-state index contributed by atoms with van der Waals surface area (Å²) < 4.78 is 0.863. The molecule has 0 aromatic carbocycles. The Morgan fingerprint density at radius 3 is 2.85 bits per heavy atom. The Morgan fingerprint density at radius 1 is 1.50 bits per heavy atom. The normalized spacial score (nSPS) is 25.1. The molecular weight excluding hydrogens is 318 g/mol. The largest absolute Gasteiger partial charge is 0.356 e. The molecule has 0 aliphatic heterocycles. The van der Waals surface area contributed by atoms with Crippen molar-refractivity contribution in [1.29, 1.82) is 0 Å². The fraction of sp³-hybridized carbons (Fsp3) is 0.600. The number of halogens is 1. The number of aromatic amines is 1. The first kappa shape index (κ1) is 15.3. The molecule has 0 saturated heterocycles. The summed E-state index contributed by atoms with van der Waals surface area (Å²) in [7, 11) is 0. The van der Waals surface area contributed by atoms with Gasteiger partial charge in [-0.1, -0.05) is 20.8 Å². The Balaban J connectivity index is 2.05. The second-order valence-corrected chi connectivity index (χ2v) is 6.93. The molecule has 0 radical (unpaired) electrons. The van der Waals surface area contributed by atoms with Crippen LogP contribution in [0.3, 0.4) is 0 Å². The molecule has 110 valence electrons. The zero-order chi connectivity index (χ0) is 14.7. The van der Waals surface area contributed by atoms with Crippen molar-refractivity contribution >= 4 is 27.5 Å². The van der Waals surface area contributed by atoms with E-state index in [1.807, 2.05) is 0 Å². The molecule has 1 aliphatic carbocycles. The van der Waals surface area contributed by atoms with Gasteiger partial charge in [-0.2, -0.15) is 5.10 Å². The van der Waals surface area contributed by atoms with Crippen LogP contribution in [-0.2, 0) is 0 Å². The first-order chi connectivity index (χ1) is 9.47. The number of carbonyl (C=O) groups is 1. The lowest BCUT2D eigenvalue weighted by Gasteiger charge is -2.30. The lowest BCUT2D eigenvalue weighted by atomic mass is 9.76. The van der Waals surface area contributed by atoms with E-state index < -0.39 is 0 Å². The Hall–Kier alpha value is -1.10. The van der Waals surface area contributed by atoms with Crippen molar-refractivity contribution in [3.63, 3.8) is 0 Å². The van der Waals surface area contributed by atoms with Crippen molar-refractivity contribution in [2.75, 3.05) is 0 Å². The molecule has 2 N–H and O–H groups in total. The summed E-state index contributed by atoms with van der Waals surface area (Å²) in [5, 5.41) is 4.40. The maximum atomic E-state index is 12.0. The Labute approximate surface area is 128 Å². The van der Waals surface area contributed by atoms with Crippen LogP contribution in [0.5, 0.6) is 0 Å². The van der Waals surface area contributed by atoms with E-state index in [4.69, 9.17) is 0 Å². The minimum atomic E-state index is -0.191. The van der Waals surface area contributed by atoms with Crippen LogP contribution in [0.4, 0.5) is 0 Å². The van der Waals surface area contributed by atoms with Crippen LogP contribution in [0.1, 0.15) is 50.5 Å². The van der Waals surface area contributed by atoms with Crippen LogP contribution in [-0.4, -0.2) is 16.6 Å². The molecule has 0 unspecified atom stereocenters. The summed E-state index contributed by atoms with van der Waals surface area (Å²) in [6, 6.07) is 1.75. The van der Waals surface area contributed by atoms with Gasteiger partial charge in [-0.25, -0.2) is 5.43 Å². The molecule has 1 saturated carbocycles. The average molecular weight is 340 g/mol. The fourth-order valence-corrected chi connectivity index (χ4v) is 3.11. The van der Waals surface area contributed by atoms with Crippen molar-refractivity contribution in [3.05, 3.63) is 22.4 Å². The summed E-state index contributed by atoms with van der Waals surface area (Å²) in [5.74, 6) is 1.52. The number of hydrogen-bond acceptors (Lipinski definition) is 2. The number of amides is 1. The van der Waals surface area contributed by atoms with Crippen LogP contribution in [0.2, 0.25) is 0 Å². The predicted octanol–water partition coefficient (Wildman–Crippen LogP) is 3.96. The Kier molecular flexibility index (Phi) is 5.02. The van der Waals surface area contributed by atoms with E-state index in [1.165, 1.54) is 12.8 Å². The second kappa shape index (κ2) is 6.57. The molecule has 0 spiro atoms. The van der Waals surface area contributed by atoms with Gasteiger partial charge in [0.15, 0.2) is 0 Å². The number of hydrogen-bond donors (Lipinski definition) is 2. The smallest absolute Gasteiger partial charge is 0.287 e. The van der Waals surface area contributed by atoms with Crippen molar-refractivity contribution in [1.82, 2.24) is 10.4 Å². The molecule has 1 aromatic rings. The number of H-pyrrole nitrogens is 1. The monoisotopic (exact) mass is 339 g/mol. The number of carbonyl (C=O) groups excluding carboxylic acids is 1. The zero-order valence-electron chi connectivity index (χ0n) is 12.2. The van der Waals surface area contributed by atoms with Gasteiger partial charge in [0.1, 0.15) is 5.69 Å². The van der Waals surface area contributed by atoms with Gasteiger partial charge >= 0.3 is 0 Å². The van der Waals surface area contributed by atoms with Crippen molar-refractivity contribution in [2.24, 2.45) is 22.9 Å². The van der Waals surface area contributed by atoms with E-state index in [0.29, 0.717) is 23.4 Å². The highest BCUT2D eigenvalue weighted by atomic mass is 79.9. The third-order valence-electron chi connectivity index (χ3n) is 3.95. The van der Waals surface area contributed by atoms with Crippen LogP contribution in [0.25, 0.3) is 0 Å². The molecule has 1 aromatic heterocycles. The van der Waals surface area contributed by atoms with E-state index in [-0.39, 0.29) is 5.91 Å². The van der Waals surface area contributed by atoms with Gasteiger partial charge in [0.25, 0.3) is 5.91 Å². The first-order valence-corrected chi connectivity index (χ1v) is 7.97. The van der Waals surface area contributed by atoms with Crippen molar-refractivity contribution < 1.29 is 4.79 Å². The van der Waals surface area contributed by atoms with E-state index in [0.717, 1.165) is 16.6 Å². The van der Waals surface area contributed by atoms with E-state index in [2.05, 4.69) is 52.2 Å². The quantitative estimate of drug-likeness (QED) is 0.804. The van der Waals surface area contributed by atoms with Gasteiger partial charge in [0.2, 0.25) is 0 Å². The van der Waals surface area contributed by atoms with Gasteiger partial charge in [-0.15, -0.1) is 0 Å². The van der Waals surface area contributed by atoms with Gasteiger partial charge in [-0.3, -0.25) is 4.79 Å². The summed E-state index contributed by atoms with van der Waals surface area (Å²) in [6.45, 7) is 6.69. The lowest BCUT2D eigenvalue weighted by molar-refractivity contribution is 0.0949. The molecule has 2 atom stereocenters. The molecule has 1 fully saturated rings. The standard InChI is InChI=1S/C15H22BrN3O/c1-9(2)12-5-4-10(3)6-13(12)18-19-15(20)14-7-11(16)8-17-14/h7-10,12,17H,4-6H2,1-3H3,(H,19,20)/t10-,12+/m0/s1. The molecule has 0 bridgehead atoms. The molecule has 5 heteroatoms. The average Bonchev–Trinajstić information content (AvgIpc) is 2.82. The molecule has 4 nitrogen and oxygen atoms in total. The number of rotatable bonds is 3. The molecule has 2 rings (SSSR count). The summed E-state index contributed by atoms with van der Waals surface area (Å²) in [6.07, 6.45) is 5.14. The Bertz CT molecular complexity index is 507. The second-order valence-electron chi connectivity index (χ2n) is 6.01. The highest BCUT2D eigenvalue weighted by molar-refractivity contribution is 9.10. The summed E-state index contributed by atoms with van der Waals surface area (Å²) in [5.41, 5.74) is 4.34. The number of hydrazone groups is 1. The Morgan fingerprint density at radius 2 is 2.25 bits per heavy atom. The third-order valence-corrected chi connectivity index (χ3v) is 4.41. The highest BCUT2D eigenvalue weighted by Crippen LogP contribution is 2.31. The van der Waals surface area contributed by atoms with Gasteiger partial charge in [0.05, 0.1) is 0 Å². The fourth-order valence-electron chi connectivity index (χ4n) is 2.77. The topological polar surface area (TPSA) is 57.2 Å². The maximum Gasteiger partial charge on any atom is 0.287 e. The van der Waals surface area contributed by atoms with Gasteiger partial charge in [-0.05, 0) is 53.1 Å². The maximum absolute atomic E-state index is 12.0. The highest BCUT2D eigenvalue weighted by Gasteiger charge is 2.27.